The van der Waals surface area contributed by atoms with E-state index < -0.39 is 0 Å². The SMILES string of the molecule is Cc1cc(OCc2ccccc2)cc(C)c1N1[C]N(c2c(C)cc(OCc3ccccc3)cc2C)CC1. The predicted molar refractivity (Wildman–Crippen MR) is 151 cm³/mol. The molecule has 0 aliphatic carbocycles. The Morgan fingerprint density at radius 3 is 1.27 bits per heavy atom. The quantitative estimate of drug-likeness (QED) is 0.257. The van der Waals surface area contributed by atoms with Crippen molar-refractivity contribution in [3.05, 3.63) is 125 Å². The molecule has 0 bridgehead atoms. The number of rotatable bonds is 8. The second kappa shape index (κ2) is 11.0. The molecule has 4 nitrogen and oxygen atoms in total. The molecular weight excluding hydrogens is 456 g/mol. The second-order valence-electron chi connectivity index (χ2n) is 9.76. The summed E-state index contributed by atoms with van der Waals surface area (Å²) in [5.41, 5.74) is 9.50. The van der Waals surface area contributed by atoms with E-state index in [2.05, 4.69) is 92.7 Å². The number of ether oxygens (including phenoxy) is 2. The Bertz CT molecular complexity index is 1200. The molecule has 188 valence electrons. The topological polar surface area (TPSA) is 24.9 Å². The van der Waals surface area contributed by atoms with E-state index in [4.69, 9.17) is 9.47 Å². The highest BCUT2D eigenvalue weighted by molar-refractivity contribution is 5.69. The number of hydrogen-bond acceptors (Lipinski definition) is 4. The molecule has 2 radical (unpaired) electrons. The molecule has 1 fully saturated rings. The first kappa shape index (κ1) is 24.8. The first-order chi connectivity index (χ1) is 18.0. The van der Waals surface area contributed by atoms with E-state index in [1.165, 1.54) is 44.8 Å². The molecular formula is C33H34N2O2. The highest BCUT2D eigenvalue weighted by Crippen LogP contribution is 2.37. The standard InChI is InChI=1S/C33H34N2O2/c1-24-17-30(36-21-28-11-7-5-8-12-28)18-25(2)32(24)34-15-16-35(23-34)33-26(3)19-31(20-27(33)4)37-22-29-13-9-6-10-14-29/h5-14,17-20H,15-16,21-22H2,1-4H3. The zero-order chi connectivity index (χ0) is 25.8. The van der Waals surface area contributed by atoms with Crippen molar-refractivity contribution in [2.75, 3.05) is 22.9 Å². The average Bonchev–Trinajstić information content (AvgIpc) is 3.35. The van der Waals surface area contributed by atoms with Crippen LogP contribution in [0.5, 0.6) is 11.5 Å². The lowest BCUT2D eigenvalue weighted by molar-refractivity contribution is 0.306. The van der Waals surface area contributed by atoms with Gasteiger partial charge >= 0.3 is 0 Å². The van der Waals surface area contributed by atoms with Crippen LogP contribution in [-0.4, -0.2) is 13.1 Å². The monoisotopic (exact) mass is 490 g/mol. The van der Waals surface area contributed by atoms with Gasteiger partial charge < -0.3 is 19.3 Å². The molecule has 4 aromatic rings. The lowest BCUT2D eigenvalue weighted by Gasteiger charge is -2.25. The summed E-state index contributed by atoms with van der Waals surface area (Å²) in [4.78, 5) is 4.48. The predicted octanol–water partition coefficient (Wildman–Crippen LogP) is 7.40. The largest absolute Gasteiger partial charge is 0.489 e. The van der Waals surface area contributed by atoms with Gasteiger partial charge in [0, 0.05) is 24.5 Å². The fourth-order valence-electron chi connectivity index (χ4n) is 5.10. The lowest BCUT2D eigenvalue weighted by Crippen LogP contribution is -2.21. The van der Waals surface area contributed by atoms with Gasteiger partial charge in [-0.3, -0.25) is 0 Å². The molecule has 0 unspecified atom stereocenters. The van der Waals surface area contributed by atoms with E-state index in [1.807, 2.05) is 36.4 Å². The Hall–Kier alpha value is -3.92. The summed E-state index contributed by atoms with van der Waals surface area (Å²) in [7, 11) is 0. The third-order valence-electron chi connectivity index (χ3n) is 6.75. The fraction of sp³-hybridized carbons (Fsp3) is 0.242. The van der Waals surface area contributed by atoms with Crippen molar-refractivity contribution in [2.24, 2.45) is 0 Å². The molecule has 0 amide bonds. The van der Waals surface area contributed by atoms with Crippen molar-refractivity contribution in [3.8, 4) is 11.5 Å². The van der Waals surface area contributed by atoms with Crippen molar-refractivity contribution in [2.45, 2.75) is 40.9 Å². The Morgan fingerprint density at radius 1 is 0.568 bits per heavy atom. The van der Waals surface area contributed by atoms with Crippen LogP contribution in [0.15, 0.2) is 84.9 Å². The number of hydrogen-bond donors (Lipinski definition) is 0. The summed E-state index contributed by atoms with van der Waals surface area (Å²) in [6, 6.07) is 29.1. The van der Waals surface area contributed by atoms with Crippen LogP contribution >= 0.6 is 0 Å². The van der Waals surface area contributed by atoms with Gasteiger partial charge in [0.05, 0.1) is 0 Å². The van der Waals surface area contributed by atoms with Crippen LogP contribution in [0.1, 0.15) is 33.4 Å². The molecule has 1 aliphatic heterocycles. The van der Waals surface area contributed by atoms with Crippen LogP contribution in [0, 0.1) is 34.4 Å². The van der Waals surface area contributed by atoms with Crippen molar-refractivity contribution in [1.29, 1.82) is 0 Å². The number of aryl methyl sites for hydroxylation is 4. The Labute approximate surface area is 221 Å². The molecule has 0 atom stereocenters. The summed E-state index contributed by atoms with van der Waals surface area (Å²) in [5.74, 6) is 1.80. The maximum atomic E-state index is 6.09. The van der Waals surface area contributed by atoms with Crippen LogP contribution in [0.4, 0.5) is 11.4 Å². The number of nitrogens with zero attached hydrogens (tertiary/aromatic N) is 2. The summed E-state index contributed by atoms with van der Waals surface area (Å²) in [6.45, 7) is 15.1. The van der Waals surface area contributed by atoms with E-state index >= 15 is 0 Å². The van der Waals surface area contributed by atoms with Crippen LogP contribution < -0.4 is 19.3 Å². The van der Waals surface area contributed by atoms with Gasteiger partial charge in [0.15, 0.2) is 0 Å². The zero-order valence-electron chi connectivity index (χ0n) is 22.1. The Kier molecular flexibility index (Phi) is 7.36. The zero-order valence-corrected chi connectivity index (χ0v) is 22.1. The molecule has 0 N–H and O–H groups in total. The summed E-state index contributed by atoms with van der Waals surface area (Å²) >= 11 is 0. The molecule has 4 heteroatoms. The van der Waals surface area contributed by atoms with Gasteiger partial charge in [-0.1, -0.05) is 60.7 Å². The Morgan fingerprint density at radius 2 is 0.919 bits per heavy atom. The molecule has 1 heterocycles. The van der Waals surface area contributed by atoms with Gasteiger partial charge in [-0.05, 0) is 85.3 Å². The molecule has 1 aliphatic rings. The normalized spacial score (nSPS) is 13.2. The molecule has 37 heavy (non-hydrogen) atoms. The van der Waals surface area contributed by atoms with E-state index in [1.54, 1.807) is 0 Å². The van der Waals surface area contributed by atoms with E-state index in [0.29, 0.717) is 13.2 Å². The van der Waals surface area contributed by atoms with E-state index in [0.717, 1.165) is 24.6 Å². The van der Waals surface area contributed by atoms with Gasteiger partial charge in [0.25, 0.3) is 0 Å². The first-order valence-electron chi connectivity index (χ1n) is 12.9. The van der Waals surface area contributed by atoms with Crippen LogP contribution in [-0.2, 0) is 13.2 Å². The smallest absolute Gasteiger partial charge is 0.208 e. The van der Waals surface area contributed by atoms with Crippen LogP contribution in [0.3, 0.4) is 0 Å². The van der Waals surface area contributed by atoms with Crippen molar-refractivity contribution >= 4 is 11.4 Å². The van der Waals surface area contributed by atoms with Crippen LogP contribution in [0.2, 0.25) is 0 Å². The average molecular weight is 491 g/mol. The molecule has 0 spiro atoms. The first-order valence-corrected chi connectivity index (χ1v) is 12.9. The maximum Gasteiger partial charge on any atom is 0.208 e. The Balaban J connectivity index is 1.26. The minimum absolute atomic E-state index is 0.568. The summed E-state index contributed by atoms with van der Waals surface area (Å²) in [6.07, 6.45) is 0. The second-order valence-corrected chi connectivity index (χ2v) is 9.76. The molecule has 1 saturated heterocycles. The van der Waals surface area contributed by atoms with Crippen molar-refractivity contribution < 1.29 is 9.47 Å². The highest BCUT2D eigenvalue weighted by Gasteiger charge is 2.27. The van der Waals surface area contributed by atoms with Gasteiger partial charge in [-0.25, -0.2) is 0 Å². The van der Waals surface area contributed by atoms with Gasteiger partial charge in [0.1, 0.15) is 24.7 Å². The summed E-state index contributed by atoms with van der Waals surface area (Å²) in [5, 5.41) is 0. The van der Waals surface area contributed by atoms with Gasteiger partial charge in [-0.2, -0.15) is 0 Å². The summed E-state index contributed by atoms with van der Waals surface area (Å²) < 4.78 is 12.2. The minimum atomic E-state index is 0.568. The third kappa shape index (κ3) is 5.75. The van der Waals surface area contributed by atoms with Crippen molar-refractivity contribution in [1.82, 2.24) is 0 Å². The van der Waals surface area contributed by atoms with Gasteiger partial charge in [0.2, 0.25) is 6.67 Å². The number of benzene rings is 4. The molecule has 5 rings (SSSR count). The highest BCUT2D eigenvalue weighted by atomic mass is 16.5. The van der Waals surface area contributed by atoms with E-state index in [-0.39, 0.29) is 0 Å². The van der Waals surface area contributed by atoms with E-state index in [9.17, 15) is 0 Å². The minimum Gasteiger partial charge on any atom is -0.489 e. The van der Waals surface area contributed by atoms with Gasteiger partial charge in [-0.15, -0.1) is 0 Å². The van der Waals surface area contributed by atoms with Crippen LogP contribution in [0.25, 0.3) is 0 Å². The fourth-order valence-corrected chi connectivity index (χ4v) is 5.10. The molecule has 0 saturated carbocycles. The van der Waals surface area contributed by atoms with Crippen molar-refractivity contribution in [3.63, 3.8) is 0 Å². The number of anilines is 2. The third-order valence-corrected chi connectivity index (χ3v) is 6.75. The molecule has 4 aromatic carbocycles. The maximum absolute atomic E-state index is 6.09. The lowest BCUT2D eigenvalue weighted by atomic mass is 10.1. The molecule has 0 aromatic heterocycles.